The molecule has 34 heavy (non-hydrogen) atoms. The molecule has 1 saturated heterocycles. The molecule has 0 unspecified atom stereocenters. The number of hydrogen-bond donors (Lipinski definition) is 1. The number of nitrogens with one attached hydrogen (secondary N) is 1. The van der Waals surface area contributed by atoms with Crippen LogP contribution < -0.4 is 10.9 Å². The van der Waals surface area contributed by atoms with Crippen molar-refractivity contribution in [3.05, 3.63) is 88.6 Å². The summed E-state index contributed by atoms with van der Waals surface area (Å²) >= 11 is 0. The molecule has 1 spiro atoms. The smallest absolute Gasteiger partial charge is 0.275 e. The van der Waals surface area contributed by atoms with Crippen LogP contribution in [-0.4, -0.2) is 38.3 Å². The molecule has 2 aromatic carbocycles. The molecule has 6 rings (SSSR count). The van der Waals surface area contributed by atoms with Crippen molar-refractivity contribution in [1.82, 2.24) is 19.3 Å². The second kappa shape index (κ2) is 8.19. The largest absolute Gasteiger partial charge is 0.350 e. The van der Waals surface area contributed by atoms with Gasteiger partial charge in [-0.15, -0.1) is 0 Å². The van der Waals surface area contributed by atoms with Gasteiger partial charge in [0.15, 0.2) is 0 Å². The van der Waals surface area contributed by atoms with E-state index in [9.17, 15) is 9.18 Å². The van der Waals surface area contributed by atoms with Crippen LogP contribution >= 0.6 is 0 Å². The first kappa shape index (κ1) is 20.8. The van der Waals surface area contributed by atoms with Gasteiger partial charge in [-0.3, -0.25) is 9.48 Å². The monoisotopic (exact) mass is 459 g/mol. The molecule has 0 bridgehead atoms. The van der Waals surface area contributed by atoms with Gasteiger partial charge in [-0.2, -0.15) is 0 Å². The Morgan fingerprint density at radius 2 is 1.71 bits per heavy atom. The van der Waals surface area contributed by atoms with Crippen LogP contribution in [0.4, 0.5) is 10.3 Å². The van der Waals surface area contributed by atoms with E-state index in [0.717, 1.165) is 5.56 Å². The molecule has 2 aliphatic rings. The van der Waals surface area contributed by atoms with Gasteiger partial charge < -0.3 is 14.8 Å². The van der Waals surface area contributed by atoms with E-state index in [2.05, 4.69) is 10.3 Å². The van der Waals surface area contributed by atoms with Gasteiger partial charge in [0.05, 0.1) is 43.3 Å². The zero-order valence-electron chi connectivity index (χ0n) is 18.3. The SMILES string of the molecule is O=c1c(-c2ccc(F)cc2)c(-c2ccnc(NCc3ccccc3)n2)n2n1CC1(C2)OCCO1. The van der Waals surface area contributed by atoms with Crippen molar-refractivity contribution in [1.29, 1.82) is 0 Å². The molecule has 2 aliphatic heterocycles. The predicted molar refractivity (Wildman–Crippen MR) is 124 cm³/mol. The third-order valence-corrected chi connectivity index (χ3v) is 6.15. The highest BCUT2D eigenvalue weighted by atomic mass is 19.1. The lowest BCUT2D eigenvalue weighted by Crippen LogP contribution is -2.34. The predicted octanol–water partition coefficient (Wildman–Crippen LogP) is 3.28. The maximum atomic E-state index is 13.6. The first-order chi connectivity index (χ1) is 16.6. The first-order valence-electron chi connectivity index (χ1n) is 11.1. The second-order valence-electron chi connectivity index (χ2n) is 8.36. The molecule has 172 valence electrons. The van der Waals surface area contributed by atoms with Crippen molar-refractivity contribution in [2.24, 2.45) is 0 Å². The summed E-state index contributed by atoms with van der Waals surface area (Å²) in [7, 11) is 0. The maximum absolute atomic E-state index is 13.6. The average Bonchev–Trinajstić information content (AvgIpc) is 3.55. The van der Waals surface area contributed by atoms with E-state index in [1.807, 2.05) is 35.0 Å². The van der Waals surface area contributed by atoms with Crippen LogP contribution in [-0.2, 0) is 29.1 Å². The summed E-state index contributed by atoms with van der Waals surface area (Å²) in [5.41, 5.74) is 3.18. The van der Waals surface area contributed by atoms with E-state index in [0.29, 0.717) is 54.8 Å². The van der Waals surface area contributed by atoms with E-state index < -0.39 is 5.79 Å². The fraction of sp³-hybridized carbons (Fsp3) is 0.240. The number of benzene rings is 2. The fourth-order valence-corrected chi connectivity index (χ4v) is 4.59. The van der Waals surface area contributed by atoms with Gasteiger partial charge in [0, 0.05) is 12.7 Å². The molecule has 0 aliphatic carbocycles. The molecule has 0 saturated carbocycles. The Bertz CT molecular complexity index is 1390. The van der Waals surface area contributed by atoms with E-state index in [1.54, 1.807) is 29.1 Å². The number of ether oxygens (including phenoxy) is 2. The summed E-state index contributed by atoms with van der Waals surface area (Å²) in [4.78, 5) is 22.6. The third kappa shape index (κ3) is 3.59. The van der Waals surface area contributed by atoms with Gasteiger partial charge in [0.2, 0.25) is 11.7 Å². The Balaban J connectivity index is 1.43. The van der Waals surface area contributed by atoms with Crippen LogP contribution in [0.5, 0.6) is 0 Å². The number of fused-ring (bicyclic) bond motifs is 1. The molecule has 9 heteroatoms. The van der Waals surface area contributed by atoms with Gasteiger partial charge in [-0.1, -0.05) is 42.5 Å². The van der Waals surface area contributed by atoms with Crippen LogP contribution in [0, 0.1) is 5.82 Å². The Kier molecular flexibility index (Phi) is 5.00. The number of halogens is 1. The van der Waals surface area contributed by atoms with Crippen molar-refractivity contribution in [3.8, 4) is 22.5 Å². The third-order valence-electron chi connectivity index (χ3n) is 6.15. The number of rotatable bonds is 5. The minimum atomic E-state index is -0.851. The number of hydrogen-bond acceptors (Lipinski definition) is 6. The van der Waals surface area contributed by atoms with Crippen molar-refractivity contribution < 1.29 is 13.9 Å². The number of nitrogens with zero attached hydrogens (tertiary/aromatic N) is 4. The summed E-state index contributed by atoms with van der Waals surface area (Å²) in [5.74, 6) is -0.768. The zero-order valence-corrected chi connectivity index (χ0v) is 18.3. The van der Waals surface area contributed by atoms with Crippen LogP contribution in [0.3, 0.4) is 0 Å². The van der Waals surface area contributed by atoms with Gasteiger partial charge in [0.1, 0.15) is 5.82 Å². The summed E-state index contributed by atoms with van der Waals surface area (Å²) < 4.78 is 28.8. The van der Waals surface area contributed by atoms with Gasteiger partial charge >= 0.3 is 0 Å². The second-order valence-corrected chi connectivity index (χ2v) is 8.36. The molecule has 0 amide bonds. The zero-order chi connectivity index (χ0) is 23.1. The van der Waals surface area contributed by atoms with E-state index in [1.165, 1.54) is 12.1 Å². The normalized spacial score (nSPS) is 16.1. The Morgan fingerprint density at radius 3 is 2.47 bits per heavy atom. The first-order valence-corrected chi connectivity index (χ1v) is 11.1. The van der Waals surface area contributed by atoms with E-state index in [4.69, 9.17) is 14.5 Å². The molecule has 4 aromatic rings. The average molecular weight is 459 g/mol. The van der Waals surface area contributed by atoms with Crippen molar-refractivity contribution in [2.75, 3.05) is 18.5 Å². The summed E-state index contributed by atoms with van der Waals surface area (Å²) in [6, 6.07) is 17.6. The molecule has 0 atom stereocenters. The summed E-state index contributed by atoms with van der Waals surface area (Å²) in [6.07, 6.45) is 1.66. The highest BCUT2D eigenvalue weighted by Gasteiger charge is 2.46. The van der Waals surface area contributed by atoms with E-state index in [-0.39, 0.29) is 17.9 Å². The summed E-state index contributed by atoms with van der Waals surface area (Å²) in [5, 5.41) is 3.25. The summed E-state index contributed by atoms with van der Waals surface area (Å²) in [6.45, 7) is 2.18. The lowest BCUT2D eigenvalue weighted by atomic mass is 10.0. The lowest BCUT2D eigenvalue weighted by molar-refractivity contribution is -0.158. The van der Waals surface area contributed by atoms with Gasteiger partial charge in [0.25, 0.3) is 5.56 Å². The molecule has 2 aromatic heterocycles. The minimum absolute atomic E-state index is 0.199. The Hall–Kier alpha value is -3.82. The molecular weight excluding hydrogens is 437 g/mol. The highest BCUT2D eigenvalue weighted by Crippen LogP contribution is 2.36. The van der Waals surface area contributed by atoms with Crippen LogP contribution in [0.25, 0.3) is 22.5 Å². The standard InChI is InChI=1S/C25H22FN5O3/c26-19-8-6-18(7-9-19)21-22(30-15-25(33-12-13-34-25)16-31(30)23(21)32)20-10-11-27-24(29-20)28-14-17-4-2-1-3-5-17/h1-11H,12-16H2,(H,27,28,29). The molecule has 8 nitrogen and oxygen atoms in total. The van der Waals surface area contributed by atoms with Crippen LogP contribution in [0.2, 0.25) is 0 Å². The molecule has 4 heterocycles. The maximum Gasteiger partial charge on any atom is 0.275 e. The van der Waals surface area contributed by atoms with Crippen LogP contribution in [0.15, 0.2) is 71.7 Å². The topological polar surface area (TPSA) is 83.2 Å². The van der Waals surface area contributed by atoms with Gasteiger partial charge in [-0.25, -0.2) is 19.0 Å². The highest BCUT2D eigenvalue weighted by molar-refractivity contribution is 5.79. The molecular formula is C25H22FN5O3. The van der Waals surface area contributed by atoms with Crippen molar-refractivity contribution in [3.63, 3.8) is 0 Å². The number of anilines is 1. The minimum Gasteiger partial charge on any atom is -0.350 e. The Morgan fingerprint density at radius 1 is 0.971 bits per heavy atom. The molecule has 1 fully saturated rings. The Labute approximate surface area is 194 Å². The fourth-order valence-electron chi connectivity index (χ4n) is 4.59. The molecule has 1 N–H and O–H groups in total. The van der Waals surface area contributed by atoms with Gasteiger partial charge in [-0.05, 0) is 29.3 Å². The quantitative estimate of drug-likeness (QED) is 0.493. The van der Waals surface area contributed by atoms with E-state index >= 15 is 0 Å². The van der Waals surface area contributed by atoms with Crippen LogP contribution in [0.1, 0.15) is 5.56 Å². The lowest BCUT2D eigenvalue weighted by Gasteiger charge is -2.20. The van der Waals surface area contributed by atoms with Crippen molar-refractivity contribution in [2.45, 2.75) is 25.4 Å². The van der Waals surface area contributed by atoms with Crippen molar-refractivity contribution >= 4 is 5.95 Å². The number of aromatic nitrogens is 4. The molecule has 0 radical (unpaired) electrons.